The molecule has 0 aliphatic rings. The van der Waals surface area contributed by atoms with Crippen molar-refractivity contribution in [1.82, 2.24) is 9.97 Å². The molecule has 0 amide bonds. The van der Waals surface area contributed by atoms with Crippen molar-refractivity contribution >= 4 is 22.5 Å². The number of rotatable bonds is 3. The third kappa shape index (κ3) is 2.50. The van der Waals surface area contributed by atoms with E-state index in [4.69, 9.17) is 4.74 Å². The molecule has 112 valence electrons. The van der Waals surface area contributed by atoms with Crippen LogP contribution in [0.2, 0.25) is 0 Å². The monoisotopic (exact) mass is 299 g/mol. The first-order chi connectivity index (χ1) is 10.6. The van der Waals surface area contributed by atoms with Gasteiger partial charge in [-0.05, 0) is 42.8 Å². The zero-order valence-corrected chi connectivity index (χ0v) is 12.1. The van der Waals surface area contributed by atoms with Gasteiger partial charge < -0.3 is 10.1 Å². The Morgan fingerprint density at radius 3 is 2.82 bits per heavy atom. The van der Waals surface area contributed by atoms with Crippen molar-refractivity contribution in [3.8, 4) is 5.75 Å². The molecule has 5 nitrogen and oxygen atoms in total. The lowest BCUT2D eigenvalue weighted by molar-refractivity contribution is 0.419. The number of anilines is 2. The topological polar surface area (TPSA) is 67.0 Å². The number of halogens is 1. The lowest BCUT2D eigenvalue weighted by atomic mass is 10.2. The van der Waals surface area contributed by atoms with Gasteiger partial charge in [-0.15, -0.1) is 0 Å². The van der Waals surface area contributed by atoms with Crippen molar-refractivity contribution in [2.45, 2.75) is 6.92 Å². The smallest absolute Gasteiger partial charge is 0.260 e. The van der Waals surface area contributed by atoms with Crippen LogP contribution in [0.3, 0.4) is 0 Å². The largest absolute Gasteiger partial charge is 0.494 e. The number of fused-ring (bicyclic) bond motifs is 1. The summed E-state index contributed by atoms with van der Waals surface area (Å²) in [6.07, 6.45) is 0. The summed E-state index contributed by atoms with van der Waals surface area (Å²) in [5, 5.41) is 3.44. The molecule has 3 aromatic rings. The van der Waals surface area contributed by atoms with Crippen LogP contribution in [0.5, 0.6) is 5.75 Å². The molecule has 1 heterocycles. The van der Waals surface area contributed by atoms with Gasteiger partial charge >= 0.3 is 0 Å². The zero-order chi connectivity index (χ0) is 15.7. The molecular weight excluding hydrogens is 285 g/mol. The molecule has 0 fully saturated rings. The van der Waals surface area contributed by atoms with Crippen LogP contribution in [0.4, 0.5) is 16.0 Å². The Morgan fingerprint density at radius 1 is 1.27 bits per heavy atom. The van der Waals surface area contributed by atoms with Gasteiger partial charge in [-0.25, -0.2) is 9.37 Å². The predicted molar refractivity (Wildman–Crippen MR) is 83.3 cm³/mol. The lowest BCUT2D eigenvalue weighted by Crippen LogP contribution is -2.12. The van der Waals surface area contributed by atoms with Crippen LogP contribution in [0.1, 0.15) is 5.56 Å². The van der Waals surface area contributed by atoms with E-state index < -0.39 is 0 Å². The fourth-order valence-electron chi connectivity index (χ4n) is 2.25. The minimum atomic E-state index is -0.315. The molecule has 0 aliphatic heterocycles. The molecule has 1 aromatic heterocycles. The highest BCUT2D eigenvalue weighted by molar-refractivity contribution is 5.84. The van der Waals surface area contributed by atoms with Gasteiger partial charge in [-0.1, -0.05) is 6.07 Å². The lowest BCUT2D eigenvalue weighted by Gasteiger charge is -2.10. The van der Waals surface area contributed by atoms with Gasteiger partial charge in [0, 0.05) is 5.69 Å². The van der Waals surface area contributed by atoms with Crippen LogP contribution in [0.15, 0.2) is 41.2 Å². The maximum Gasteiger partial charge on any atom is 0.260 e. The minimum Gasteiger partial charge on any atom is -0.494 e. The van der Waals surface area contributed by atoms with Gasteiger partial charge in [0.2, 0.25) is 5.95 Å². The van der Waals surface area contributed by atoms with Crippen molar-refractivity contribution in [3.05, 3.63) is 58.1 Å². The fourth-order valence-corrected chi connectivity index (χ4v) is 2.25. The second kappa shape index (κ2) is 5.48. The quantitative estimate of drug-likeness (QED) is 0.779. The normalized spacial score (nSPS) is 10.7. The van der Waals surface area contributed by atoms with E-state index in [0.29, 0.717) is 27.9 Å². The van der Waals surface area contributed by atoms with E-state index >= 15 is 0 Å². The summed E-state index contributed by atoms with van der Waals surface area (Å²) in [5.74, 6) is 0.476. The van der Waals surface area contributed by atoms with Crippen LogP contribution in [-0.2, 0) is 0 Å². The third-order valence-electron chi connectivity index (χ3n) is 3.36. The fraction of sp³-hybridized carbons (Fsp3) is 0.125. The van der Waals surface area contributed by atoms with E-state index in [9.17, 15) is 9.18 Å². The molecular formula is C16H14FN3O2. The highest BCUT2D eigenvalue weighted by Crippen LogP contribution is 2.23. The van der Waals surface area contributed by atoms with Crippen LogP contribution < -0.4 is 15.6 Å². The van der Waals surface area contributed by atoms with Crippen molar-refractivity contribution in [2.75, 3.05) is 12.4 Å². The average Bonchev–Trinajstić information content (AvgIpc) is 2.50. The number of para-hydroxylation sites is 1. The summed E-state index contributed by atoms with van der Waals surface area (Å²) >= 11 is 0. The molecule has 0 radical (unpaired) electrons. The number of hydrogen-bond acceptors (Lipinski definition) is 4. The Balaban J connectivity index is 2.10. The molecule has 22 heavy (non-hydrogen) atoms. The number of aromatic nitrogens is 2. The minimum absolute atomic E-state index is 0.272. The number of methoxy groups -OCH3 is 1. The number of nitrogens with one attached hydrogen (secondary N) is 2. The first-order valence-corrected chi connectivity index (χ1v) is 6.68. The summed E-state index contributed by atoms with van der Waals surface area (Å²) in [4.78, 5) is 19.2. The van der Waals surface area contributed by atoms with E-state index in [1.54, 1.807) is 31.2 Å². The Bertz CT molecular complexity index is 906. The second-order valence-electron chi connectivity index (χ2n) is 4.86. The Hall–Kier alpha value is -2.89. The number of aromatic amines is 1. The molecule has 0 aliphatic carbocycles. The Labute approximate surface area is 125 Å². The first-order valence-electron chi connectivity index (χ1n) is 6.68. The van der Waals surface area contributed by atoms with E-state index in [1.807, 2.05) is 0 Å². The van der Waals surface area contributed by atoms with Crippen LogP contribution >= 0.6 is 0 Å². The number of aryl methyl sites for hydroxylation is 1. The number of hydrogen-bond donors (Lipinski definition) is 2. The molecule has 6 heteroatoms. The maximum absolute atomic E-state index is 13.1. The summed E-state index contributed by atoms with van der Waals surface area (Å²) in [6, 6.07) is 9.49. The molecule has 0 saturated heterocycles. The summed E-state index contributed by atoms with van der Waals surface area (Å²) in [6.45, 7) is 1.77. The second-order valence-corrected chi connectivity index (χ2v) is 4.86. The summed E-state index contributed by atoms with van der Waals surface area (Å²) in [7, 11) is 1.52. The number of nitrogens with zero attached hydrogens (tertiary/aromatic N) is 1. The molecule has 0 atom stereocenters. The molecule has 0 spiro atoms. The number of H-pyrrole nitrogens is 1. The predicted octanol–water partition coefficient (Wildman–Crippen LogP) is 3.12. The van der Waals surface area contributed by atoms with Crippen molar-refractivity contribution in [3.63, 3.8) is 0 Å². The van der Waals surface area contributed by atoms with Crippen LogP contribution in [-0.4, -0.2) is 17.1 Å². The Morgan fingerprint density at radius 2 is 2.09 bits per heavy atom. The first kappa shape index (κ1) is 14.1. The summed E-state index contributed by atoms with van der Waals surface area (Å²) < 4.78 is 18.4. The highest BCUT2D eigenvalue weighted by atomic mass is 19.1. The van der Waals surface area contributed by atoms with Gasteiger partial charge in [-0.3, -0.25) is 9.78 Å². The molecule has 0 bridgehead atoms. The van der Waals surface area contributed by atoms with Gasteiger partial charge in [0.05, 0.1) is 12.5 Å². The SMILES string of the molecule is COc1cccc2c(=O)[nH]c(Nc3ccc(F)cc3C)nc12. The molecule has 3 rings (SSSR count). The highest BCUT2D eigenvalue weighted by Gasteiger charge is 2.09. The van der Waals surface area contributed by atoms with Crippen molar-refractivity contribution in [1.29, 1.82) is 0 Å². The van der Waals surface area contributed by atoms with E-state index in [0.717, 1.165) is 0 Å². The average molecular weight is 299 g/mol. The summed E-state index contributed by atoms with van der Waals surface area (Å²) in [5.41, 5.74) is 1.57. The maximum atomic E-state index is 13.1. The van der Waals surface area contributed by atoms with E-state index in [1.165, 1.54) is 19.2 Å². The van der Waals surface area contributed by atoms with Crippen LogP contribution in [0, 0.1) is 12.7 Å². The van der Waals surface area contributed by atoms with Crippen molar-refractivity contribution < 1.29 is 9.13 Å². The standard InChI is InChI=1S/C16H14FN3O2/c1-9-8-10(17)6-7-12(9)18-16-19-14-11(15(21)20-16)4-3-5-13(14)22-2/h3-8H,1-2H3,(H2,18,19,20,21). The molecule has 2 aromatic carbocycles. The molecule has 0 unspecified atom stereocenters. The molecule has 0 saturated carbocycles. The van der Waals surface area contributed by atoms with Gasteiger partial charge in [-0.2, -0.15) is 0 Å². The van der Waals surface area contributed by atoms with E-state index in [-0.39, 0.29) is 17.3 Å². The third-order valence-corrected chi connectivity index (χ3v) is 3.36. The number of benzene rings is 2. The van der Waals surface area contributed by atoms with Gasteiger partial charge in [0.25, 0.3) is 5.56 Å². The Kier molecular flexibility index (Phi) is 3.50. The number of ether oxygens (including phenoxy) is 1. The van der Waals surface area contributed by atoms with Crippen molar-refractivity contribution in [2.24, 2.45) is 0 Å². The van der Waals surface area contributed by atoms with Gasteiger partial charge in [0.1, 0.15) is 17.1 Å². The molecule has 2 N–H and O–H groups in total. The zero-order valence-electron chi connectivity index (χ0n) is 12.1. The van der Waals surface area contributed by atoms with Crippen LogP contribution in [0.25, 0.3) is 10.9 Å². The van der Waals surface area contributed by atoms with Gasteiger partial charge in [0.15, 0.2) is 0 Å². The van der Waals surface area contributed by atoms with E-state index in [2.05, 4.69) is 15.3 Å².